The number of nitrogens with one attached hydrogen (secondary N) is 1. The molecule has 0 unspecified atom stereocenters. The van der Waals surface area contributed by atoms with Gasteiger partial charge in [0.15, 0.2) is 5.78 Å². The molecule has 0 spiro atoms. The van der Waals surface area contributed by atoms with E-state index < -0.39 is 0 Å². The van der Waals surface area contributed by atoms with Crippen LogP contribution in [0.25, 0.3) is 17.2 Å². The SMILES string of the molecule is CC(=O)Nc1cccc(C(=O)/C=C/c2cc(-c3cc(C)cc(C)c3)ccc2OCCN(C)C)c1. The molecular formula is C29H32N2O3. The van der Waals surface area contributed by atoms with Crippen LogP contribution >= 0.6 is 0 Å². The van der Waals surface area contributed by atoms with Crippen molar-refractivity contribution in [2.75, 3.05) is 32.6 Å². The molecule has 0 saturated carbocycles. The summed E-state index contributed by atoms with van der Waals surface area (Å²) in [4.78, 5) is 26.3. The van der Waals surface area contributed by atoms with Crippen LogP contribution in [0.2, 0.25) is 0 Å². The average Bonchev–Trinajstić information content (AvgIpc) is 2.77. The molecule has 0 aromatic heterocycles. The lowest BCUT2D eigenvalue weighted by atomic mass is 9.98. The standard InChI is InChI=1S/C29H32N2O3/c1-20-15-21(2)17-26(16-20)23-10-12-29(34-14-13-31(4)5)25(18-23)9-11-28(33)24-7-6-8-27(19-24)30-22(3)32/h6-12,15-19H,13-14H2,1-5H3,(H,30,32)/b11-9+. The summed E-state index contributed by atoms with van der Waals surface area (Å²) in [5.41, 5.74) is 6.52. The summed E-state index contributed by atoms with van der Waals surface area (Å²) in [6.45, 7) is 6.95. The summed E-state index contributed by atoms with van der Waals surface area (Å²) in [6.07, 6.45) is 3.34. The van der Waals surface area contributed by atoms with E-state index in [1.807, 2.05) is 20.2 Å². The lowest BCUT2D eigenvalue weighted by molar-refractivity contribution is -0.114. The summed E-state index contributed by atoms with van der Waals surface area (Å²) in [7, 11) is 4.00. The Balaban J connectivity index is 1.92. The van der Waals surface area contributed by atoms with Gasteiger partial charge in [0.25, 0.3) is 0 Å². The van der Waals surface area contributed by atoms with Crippen LogP contribution in [0.3, 0.4) is 0 Å². The molecule has 176 valence electrons. The van der Waals surface area contributed by atoms with Crippen LogP contribution in [-0.2, 0) is 4.79 Å². The van der Waals surface area contributed by atoms with Crippen molar-refractivity contribution in [2.24, 2.45) is 0 Å². The molecule has 3 aromatic carbocycles. The number of aryl methyl sites for hydroxylation is 2. The van der Waals surface area contributed by atoms with E-state index >= 15 is 0 Å². The Morgan fingerprint density at radius 1 is 0.941 bits per heavy atom. The van der Waals surface area contributed by atoms with E-state index in [9.17, 15) is 9.59 Å². The molecule has 0 aliphatic carbocycles. The van der Waals surface area contributed by atoms with Gasteiger partial charge in [-0.3, -0.25) is 9.59 Å². The molecule has 5 nitrogen and oxygen atoms in total. The van der Waals surface area contributed by atoms with Crippen molar-refractivity contribution >= 4 is 23.5 Å². The van der Waals surface area contributed by atoms with Crippen molar-refractivity contribution in [1.29, 1.82) is 0 Å². The number of hydrogen-bond donors (Lipinski definition) is 1. The minimum absolute atomic E-state index is 0.150. The van der Waals surface area contributed by atoms with Gasteiger partial charge in [-0.25, -0.2) is 0 Å². The Morgan fingerprint density at radius 2 is 1.68 bits per heavy atom. The molecule has 0 bridgehead atoms. The maximum absolute atomic E-state index is 12.9. The zero-order valence-electron chi connectivity index (χ0n) is 20.5. The number of nitrogens with zero attached hydrogens (tertiary/aromatic N) is 1. The first-order chi connectivity index (χ1) is 16.2. The lowest BCUT2D eigenvalue weighted by Gasteiger charge is -2.14. The number of carbonyl (C=O) groups is 2. The number of allylic oxidation sites excluding steroid dienone is 1. The van der Waals surface area contributed by atoms with Gasteiger partial charge in [-0.15, -0.1) is 0 Å². The zero-order chi connectivity index (χ0) is 24.7. The van der Waals surface area contributed by atoms with Gasteiger partial charge in [0, 0.05) is 30.3 Å². The number of anilines is 1. The Kier molecular flexibility index (Phi) is 8.39. The number of ketones is 1. The smallest absolute Gasteiger partial charge is 0.221 e. The van der Waals surface area contributed by atoms with E-state index in [0.29, 0.717) is 17.9 Å². The first-order valence-corrected chi connectivity index (χ1v) is 11.3. The highest BCUT2D eigenvalue weighted by Gasteiger charge is 2.09. The number of hydrogen-bond acceptors (Lipinski definition) is 4. The molecule has 0 aliphatic heterocycles. The summed E-state index contributed by atoms with van der Waals surface area (Å²) < 4.78 is 6.04. The van der Waals surface area contributed by atoms with Gasteiger partial charge in [-0.1, -0.05) is 47.5 Å². The fourth-order valence-electron chi connectivity index (χ4n) is 3.68. The van der Waals surface area contributed by atoms with Crippen molar-refractivity contribution in [1.82, 2.24) is 4.90 Å². The van der Waals surface area contributed by atoms with E-state index in [4.69, 9.17) is 4.74 Å². The molecule has 0 saturated heterocycles. The fourth-order valence-corrected chi connectivity index (χ4v) is 3.68. The van der Waals surface area contributed by atoms with Crippen molar-refractivity contribution in [3.8, 4) is 16.9 Å². The lowest BCUT2D eigenvalue weighted by Crippen LogP contribution is -2.19. The Morgan fingerprint density at radius 3 is 2.35 bits per heavy atom. The van der Waals surface area contributed by atoms with Gasteiger partial charge < -0.3 is 15.0 Å². The Bertz CT molecular complexity index is 1190. The molecule has 1 N–H and O–H groups in total. The molecule has 0 atom stereocenters. The van der Waals surface area contributed by atoms with Crippen LogP contribution in [0.4, 0.5) is 5.69 Å². The highest BCUT2D eigenvalue weighted by atomic mass is 16.5. The van der Waals surface area contributed by atoms with Crippen LogP contribution in [0.5, 0.6) is 5.75 Å². The molecule has 5 heteroatoms. The Labute approximate surface area is 202 Å². The highest BCUT2D eigenvalue weighted by Crippen LogP contribution is 2.29. The molecule has 0 heterocycles. The van der Waals surface area contributed by atoms with Gasteiger partial charge in [0.1, 0.15) is 12.4 Å². The summed E-state index contributed by atoms with van der Waals surface area (Å²) in [5, 5.41) is 2.71. The van der Waals surface area contributed by atoms with Gasteiger partial charge in [0.05, 0.1) is 0 Å². The van der Waals surface area contributed by atoms with Crippen LogP contribution in [0.15, 0.2) is 66.7 Å². The second-order valence-corrected chi connectivity index (χ2v) is 8.74. The molecule has 3 aromatic rings. The third-order valence-corrected chi connectivity index (χ3v) is 5.24. The number of likely N-dealkylation sites (N-methyl/N-ethyl adjacent to an activating group) is 1. The van der Waals surface area contributed by atoms with Crippen LogP contribution in [0, 0.1) is 13.8 Å². The number of carbonyl (C=O) groups excluding carboxylic acids is 2. The average molecular weight is 457 g/mol. The van der Waals surface area contributed by atoms with Gasteiger partial charge in [-0.2, -0.15) is 0 Å². The van der Waals surface area contributed by atoms with Gasteiger partial charge >= 0.3 is 0 Å². The molecule has 3 rings (SSSR count). The van der Waals surface area contributed by atoms with E-state index in [1.165, 1.54) is 18.1 Å². The number of ether oxygens (including phenoxy) is 1. The summed E-state index contributed by atoms with van der Waals surface area (Å²) in [5.74, 6) is 0.400. The van der Waals surface area contributed by atoms with Crippen LogP contribution in [-0.4, -0.2) is 43.8 Å². The number of benzene rings is 3. The third-order valence-electron chi connectivity index (χ3n) is 5.24. The number of amides is 1. The van der Waals surface area contributed by atoms with Crippen molar-refractivity contribution < 1.29 is 14.3 Å². The largest absolute Gasteiger partial charge is 0.492 e. The van der Waals surface area contributed by atoms with E-state index in [1.54, 1.807) is 36.4 Å². The molecular weight excluding hydrogens is 424 g/mol. The fraction of sp³-hybridized carbons (Fsp3) is 0.241. The highest BCUT2D eigenvalue weighted by molar-refractivity contribution is 6.07. The molecule has 0 fully saturated rings. The number of rotatable bonds is 9. The van der Waals surface area contributed by atoms with Crippen LogP contribution < -0.4 is 10.1 Å². The predicted octanol–water partition coefficient (Wildman–Crippen LogP) is 5.77. The second-order valence-electron chi connectivity index (χ2n) is 8.74. The molecule has 0 aliphatic rings. The first kappa shape index (κ1) is 24.9. The monoisotopic (exact) mass is 456 g/mol. The molecule has 1 amide bonds. The van der Waals surface area contributed by atoms with Gasteiger partial charge in [0.2, 0.25) is 5.91 Å². The third kappa shape index (κ3) is 7.15. The normalized spacial score (nSPS) is 11.1. The topological polar surface area (TPSA) is 58.6 Å². The minimum atomic E-state index is -0.178. The Hall–Kier alpha value is -3.70. The van der Waals surface area contributed by atoms with Crippen molar-refractivity contribution in [3.63, 3.8) is 0 Å². The summed E-state index contributed by atoms with van der Waals surface area (Å²) in [6, 6.07) is 19.4. The maximum atomic E-state index is 12.9. The summed E-state index contributed by atoms with van der Waals surface area (Å²) >= 11 is 0. The van der Waals surface area contributed by atoms with Gasteiger partial charge in [-0.05, 0) is 75.5 Å². The van der Waals surface area contributed by atoms with E-state index in [-0.39, 0.29) is 11.7 Å². The maximum Gasteiger partial charge on any atom is 0.221 e. The van der Waals surface area contributed by atoms with E-state index in [2.05, 4.69) is 54.4 Å². The second kappa shape index (κ2) is 11.4. The van der Waals surface area contributed by atoms with Crippen LogP contribution in [0.1, 0.15) is 34.0 Å². The van der Waals surface area contributed by atoms with Crippen molar-refractivity contribution in [3.05, 3.63) is 89.0 Å². The molecule has 34 heavy (non-hydrogen) atoms. The quantitative estimate of drug-likeness (QED) is 0.328. The van der Waals surface area contributed by atoms with E-state index in [0.717, 1.165) is 29.0 Å². The molecule has 0 radical (unpaired) electrons. The van der Waals surface area contributed by atoms with Crippen molar-refractivity contribution in [2.45, 2.75) is 20.8 Å². The zero-order valence-corrected chi connectivity index (χ0v) is 20.5. The predicted molar refractivity (Wildman–Crippen MR) is 140 cm³/mol. The minimum Gasteiger partial charge on any atom is -0.492 e. The first-order valence-electron chi connectivity index (χ1n) is 11.3.